The molecule has 2 aromatic heterocycles. The van der Waals surface area contributed by atoms with Crippen LogP contribution < -0.4 is 15.9 Å². The van der Waals surface area contributed by atoms with E-state index in [1.54, 1.807) is 23.9 Å². The van der Waals surface area contributed by atoms with E-state index in [1.807, 2.05) is 0 Å². The first-order valence-corrected chi connectivity index (χ1v) is 12.0. The zero-order chi connectivity index (χ0) is 24.2. The molecule has 1 unspecified atom stereocenters. The summed E-state index contributed by atoms with van der Waals surface area (Å²) in [7, 11) is -3.57. The van der Waals surface area contributed by atoms with E-state index in [2.05, 4.69) is 25.1 Å². The molecule has 0 bridgehead atoms. The third-order valence-electron chi connectivity index (χ3n) is 4.85. The van der Waals surface area contributed by atoms with Gasteiger partial charge in [-0.05, 0) is 38.5 Å². The van der Waals surface area contributed by atoms with Gasteiger partial charge in [0.25, 0.3) is 0 Å². The summed E-state index contributed by atoms with van der Waals surface area (Å²) in [5, 5.41) is 15.0. The van der Waals surface area contributed by atoms with Crippen molar-refractivity contribution < 1.29 is 23.6 Å². The van der Waals surface area contributed by atoms with Gasteiger partial charge in [-0.3, -0.25) is 9.36 Å². The summed E-state index contributed by atoms with van der Waals surface area (Å²) < 4.78 is 34.6. The van der Waals surface area contributed by atoms with Crippen molar-refractivity contribution in [1.82, 2.24) is 29.7 Å². The van der Waals surface area contributed by atoms with Crippen LogP contribution in [0.4, 0.5) is 10.2 Å². The number of benzene rings is 1. The number of anilines is 1. The number of nitrogens with two attached hydrogens (primary N) is 1. The summed E-state index contributed by atoms with van der Waals surface area (Å²) in [5.41, 5.74) is 5.88. The molecule has 0 spiro atoms. The van der Waals surface area contributed by atoms with Crippen LogP contribution >= 0.6 is 7.44 Å². The fraction of sp³-hybridized carbons (Fsp3) is 0.400. The minimum Gasteiger partial charge on any atom is -0.480 e. The molecule has 1 aromatic carbocycles. The minimum atomic E-state index is -3.57. The molecule has 0 saturated carbocycles. The lowest BCUT2D eigenvalue weighted by Gasteiger charge is -2.30. The zero-order valence-electron chi connectivity index (χ0n) is 18.5. The van der Waals surface area contributed by atoms with Crippen LogP contribution in [0.15, 0.2) is 36.9 Å². The maximum Gasteiger partial charge on any atom is 0.323 e. The first kappa shape index (κ1) is 24.7. The van der Waals surface area contributed by atoms with Crippen LogP contribution in [0.2, 0.25) is 0 Å². The molecule has 0 aliphatic carbocycles. The Labute approximate surface area is 190 Å². The summed E-state index contributed by atoms with van der Waals surface area (Å²) in [6.07, 6.45) is 2.16. The van der Waals surface area contributed by atoms with Gasteiger partial charge in [-0.2, -0.15) is 0 Å². The van der Waals surface area contributed by atoms with Gasteiger partial charge in [0.15, 0.2) is 11.5 Å². The molecule has 0 aliphatic heterocycles. The molecule has 5 N–H and O–H groups in total. The Morgan fingerprint density at radius 1 is 1.36 bits per heavy atom. The van der Waals surface area contributed by atoms with Crippen LogP contribution in [0.25, 0.3) is 11.2 Å². The van der Waals surface area contributed by atoms with Gasteiger partial charge in [-0.15, -0.1) is 0 Å². The summed E-state index contributed by atoms with van der Waals surface area (Å²) in [4.78, 5) is 23.9. The van der Waals surface area contributed by atoms with E-state index in [0.717, 1.165) is 0 Å². The largest absolute Gasteiger partial charge is 0.480 e. The highest BCUT2D eigenvalue weighted by Gasteiger charge is 2.36. The standard InChI is InChI=1S/C20H27FN7O4P/c1-13(9-28-11-25-16-17(22)23-10-24-18(16)28)32-12-33(31,27-20(2,3)19(29)30)26-8-14-5-4-6-15(21)7-14/h4-7,10-11,13H,8-9,12H2,1-3H3,(H,29,30)(H2,22,23,24)(H2,26,27,31)/t13-,33?/m0/s1. The SMILES string of the molecule is C[C@@H](Cn1cnc2c(N)ncnc21)OCP(=O)(NCc1cccc(F)c1)NC(C)(C)C(=O)O. The van der Waals surface area contributed by atoms with Gasteiger partial charge in [-0.1, -0.05) is 12.1 Å². The van der Waals surface area contributed by atoms with Crippen LogP contribution in [-0.4, -0.2) is 48.6 Å². The number of fused-ring (bicyclic) bond motifs is 1. The van der Waals surface area contributed by atoms with Gasteiger partial charge < -0.3 is 20.1 Å². The molecule has 0 fully saturated rings. The van der Waals surface area contributed by atoms with E-state index in [9.17, 15) is 18.9 Å². The highest BCUT2D eigenvalue weighted by atomic mass is 31.2. The number of carboxylic acid groups (broad SMARTS) is 1. The fourth-order valence-electron chi connectivity index (χ4n) is 3.08. The predicted molar refractivity (Wildman–Crippen MR) is 121 cm³/mol. The molecule has 2 atom stereocenters. The molecule has 0 saturated heterocycles. The monoisotopic (exact) mass is 479 g/mol. The van der Waals surface area contributed by atoms with Crippen molar-refractivity contribution in [2.45, 2.75) is 45.5 Å². The number of imidazole rings is 1. The predicted octanol–water partition coefficient (Wildman–Crippen LogP) is 2.35. The van der Waals surface area contributed by atoms with Crippen LogP contribution in [0.1, 0.15) is 26.3 Å². The maximum absolute atomic E-state index is 13.6. The van der Waals surface area contributed by atoms with Crippen molar-refractivity contribution in [2.24, 2.45) is 0 Å². The maximum atomic E-state index is 13.6. The second-order valence-electron chi connectivity index (χ2n) is 8.18. The Hall–Kier alpha value is -2.92. The highest BCUT2D eigenvalue weighted by Crippen LogP contribution is 2.39. The molecular weight excluding hydrogens is 452 g/mol. The second-order valence-corrected chi connectivity index (χ2v) is 10.5. The normalized spacial score (nSPS) is 14.8. The number of nitrogens with zero attached hydrogens (tertiary/aromatic N) is 4. The number of halogens is 1. The lowest BCUT2D eigenvalue weighted by Crippen LogP contribution is -2.47. The summed E-state index contributed by atoms with van der Waals surface area (Å²) in [6.45, 7) is 4.96. The van der Waals surface area contributed by atoms with Gasteiger partial charge in [0.1, 0.15) is 29.5 Å². The number of rotatable bonds is 11. The van der Waals surface area contributed by atoms with E-state index in [4.69, 9.17) is 10.5 Å². The molecule has 13 heteroatoms. The Balaban J connectivity index is 1.70. The fourth-order valence-corrected chi connectivity index (χ4v) is 5.21. The van der Waals surface area contributed by atoms with E-state index < -0.39 is 30.9 Å². The number of aliphatic carboxylic acids is 1. The van der Waals surface area contributed by atoms with Gasteiger partial charge >= 0.3 is 5.97 Å². The molecule has 0 amide bonds. The number of carboxylic acids is 1. The van der Waals surface area contributed by atoms with Crippen LogP contribution in [-0.2, 0) is 27.2 Å². The van der Waals surface area contributed by atoms with Crippen LogP contribution in [0, 0.1) is 5.82 Å². The van der Waals surface area contributed by atoms with E-state index in [1.165, 1.54) is 38.4 Å². The smallest absolute Gasteiger partial charge is 0.323 e. The first-order valence-electron chi connectivity index (χ1n) is 10.1. The van der Waals surface area contributed by atoms with Crippen LogP contribution in [0.3, 0.4) is 0 Å². The molecule has 178 valence electrons. The summed E-state index contributed by atoms with van der Waals surface area (Å²) in [5.74, 6) is -1.34. The molecule has 33 heavy (non-hydrogen) atoms. The second kappa shape index (κ2) is 9.92. The topological polar surface area (TPSA) is 157 Å². The van der Waals surface area contributed by atoms with Crippen molar-refractivity contribution in [3.8, 4) is 0 Å². The van der Waals surface area contributed by atoms with Crippen molar-refractivity contribution >= 4 is 30.4 Å². The Morgan fingerprint density at radius 3 is 2.82 bits per heavy atom. The summed E-state index contributed by atoms with van der Waals surface area (Å²) in [6, 6.07) is 5.82. The number of hydrogen-bond acceptors (Lipinski definition) is 7. The van der Waals surface area contributed by atoms with Crippen molar-refractivity contribution in [3.63, 3.8) is 0 Å². The van der Waals surface area contributed by atoms with Gasteiger partial charge in [0, 0.05) is 6.54 Å². The van der Waals surface area contributed by atoms with Crippen molar-refractivity contribution in [1.29, 1.82) is 0 Å². The van der Waals surface area contributed by atoms with Crippen molar-refractivity contribution in [2.75, 3.05) is 12.1 Å². The average molecular weight is 479 g/mol. The lowest BCUT2D eigenvalue weighted by atomic mass is 10.1. The molecule has 2 heterocycles. The minimum absolute atomic E-state index is 0.0534. The van der Waals surface area contributed by atoms with Crippen molar-refractivity contribution in [3.05, 3.63) is 48.3 Å². The third kappa shape index (κ3) is 6.32. The van der Waals surface area contributed by atoms with E-state index in [-0.39, 0.29) is 18.7 Å². The third-order valence-corrected chi connectivity index (χ3v) is 6.95. The lowest BCUT2D eigenvalue weighted by molar-refractivity contribution is -0.142. The number of ether oxygens (including phenoxy) is 1. The van der Waals surface area contributed by atoms with E-state index >= 15 is 0 Å². The highest BCUT2D eigenvalue weighted by molar-refractivity contribution is 7.59. The summed E-state index contributed by atoms with van der Waals surface area (Å²) >= 11 is 0. The number of hydrogen-bond donors (Lipinski definition) is 4. The molecule has 3 rings (SSSR count). The van der Waals surface area contributed by atoms with Gasteiger partial charge in [-0.25, -0.2) is 29.5 Å². The quantitative estimate of drug-likeness (QED) is 0.301. The first-order chi connectivity index (χ1) is 15.5. The zero-order valence-corrected chi connectivity index (χ0v) is 19.4. The molecule has 0 aliphatic rings. The molecule has 3 aromatic rings. The Morgan fingerprint density at radius 2 is 2.12 bits per heavy atom. The molecule has 11 nitrogen and oxygen atoms in total. The number of nitrogens with one attached hydrogen (secondary N) is 2. The molecular formula is C20H27FN7O4P. The van der Waals surface area contributed by atoms with Gasteiger partial charge in [0.05, 0.1) is 19.0 Å². The number of aromatic nitrogens is 4. The Kier molecular flexibility index (Phi) is 7.43. The van der Waals surface area contributed by atoms with Crippen LogP contribution in [0.5, 0.6) is 0 Å². The van der Waals surface area contributed by atoms with E-state index in [0.29, 0.717) is 23.3 Å². The number of carbonyl (C=O) groups is 1. The number of nitrogen functional groups attached to an aromatic ring is 1. The van der Waals surface area contributed by atoms with Gasteiger partial charge in [0.2, 0.25) is 7.44 Å². The molecule has 0 radical (unpaired) electrons. The average Bonchev–Trinajstić information content (AvgIpc) is 3.15. The Bertz CT molecular complexity index is 1190.